The Morgan fingerprint density at radius 3 is 2.73 bits per heavy atom. The van der Waals surface area contributed by atoms with Crippen molar-refractivity contribution in [1.29, 1.82) is 0 Å². The molecule has 0 atom stereocenters. The van der Waals surface area contributed by atoms with E-state index in [1.165, 1.54) is 29.4 Å². The number of nitrogens with zero attached hydrogens (tertiary/aromatic N) is 1. The Bertz CT molecular complexity index is 676. The summed E-state index contributed by atoms with van der Waals surface area (Å²) in [7, 11) is 1.42. The van der Waals surface area contributed by atoms with Gasteiger partial charge in [0.1, 0.15) is 0 Å². The van der Waals surface area contributed by atoms with Gasteiger partial charge in [0.25, 0.3) is 0 Å². The van der Waals surface area contributed by atoms with Crippen LogP contribution in [-0.4, -0.2) is 24.3 Å². The maximum absolute atomic E-state index is 11.3. The van der Waals surface area contributed by atoms with Crippen LogP contribution in [0.2, 0.25) is 0 Å². The lowest BCUT2D eigenvalue weighted by atomic mass is 10.0. The summed E-state index contributed by atoms with van der Waals surface area (Å²) in [4.78, 5) is 19.3. The van der Waals surface area contributed by atoms with E-state index in [4.69, 9.17) is 4.74 Å². The van der Waals surface area contributed by atoms with Crippen molar-refractivity contribution in [2.45, 2.75) is 47.0 Å². The molecule has 0 saturated heterocycles. The van der Waals surface area contributed by atoms with Gasteiger partial charge in [-0.1, -0.05) is 6.92 Å². The van der Waals surface area contributed by atoms with E-state index in [-0.39, 0.29) is 5.97 Å². The number of carbonyl (C=O) groups is 1. The summed E-state index contributed by atoms with van der Waals surface area (Å²) < 4.78 is 4.72. The number of aromatic nitrogens is 1. The SMILES string of the molecule is CCC1=C(C)C=N/C1=C\c1[nH]c(C)c(CCC(=O)OC)c1C. The molecule has 0 fully saturated rings. The second-order valence-corrected chi connectivity index (χ2v) is 5.65. The number of carbonyl (C=O) groups excluding carboxylic acids is 1. The summed E-state index contributed by atoms with van der Waals surface area (Å²) in [6.45, 7) is 8.37. The van der Waals surface area contributed by atoms with E-state index in [0.717, 1.165) is 23.5 Å². The monoisotopic (exact) mass is 300 g/mol. The largest absolute Gasteiger partial charge is 0.469 e. The zero-order valence-corrected chi connectivity index (χ0v) is 14.0. The minimum atomic E-state index is -0.174. The normalized spacial score (nSPS) is 16.0. The molecule has 0 saturated carbocycles. The molecule has 0 bridgehead atoms. The summed E-state index contributed by atoms with van der Waals surface area (Å²) in [5.41, 5.74) is 8.12. The van der Waals surface area contributed by atoms with Crippen molar-refractivity contribution in [1.82, 2.24) is 4.98 Å². The number of hydrogen-bond acceptors (Lipinski definition) is 3. The zero-order chi connectivity index (χ0) is 16.3. The summed E-state index contributed by atoms with van der Waals surface area (Å²) in [6.07, 6.45) is 6.11. The van der Waals surface area contributed by atoms with Gasteiger partial charge in [-0.25, -0.2) is 0 Å². The van der Waals surface area contributed by atoms with Crippen LogP contribution in [0.25, 0.3) is 6.08 Å². The number of aliphatic imine (C=N–C) groups is 1. The van der Waals surface area contributed by atoms with Gasteiger partial charge in [0, 0.05) is 24.0 Å². The molecule has 2 heterocycles. The van der Waals surface area contributed by atoms with E-state index in [0.29, 0.717) is 12.8 Å². The average molecular weight is 300 g/mol. The molecule has 0 spiro atoms. The third-order valence-electron chi connectivity index (χ3n) is 4.26. The summed E-state index contributed by atoms with van der Waals surface area (Å²) in [6, 6.07) is 0. The molecule has 1 aromatic rings. The van der Waals surface area contributed by atoms with Crippen LogP contribution in [0.4, 0.5) is 0 Å². The highest BCUT2D eigenvalue weighted by Crippen LogP contribution is 2.28. The predicted octanol–water partition coefficient (Wildman–Crippen LogP) is 3.89. The standard InChI is InChI=1S/C18H24N2O2/c1-6-14-11(2)10-19-17(14)9-16-12(3)15(13(4)20-16)7-8-18(21)22-5/h9-10,20H,6-8H2,1-5H3/b17-9-. The Labute approximate surface area is 132 Å². The number of rotatable bonds is 5. The lowest BCUT2D eigenvalue weighted by Gasteiger charge is -2.03. The van der Waals surface area contributed by atoms with Crippen LogP contribution in [-0.2, 0) is 16.0 Å². The minimum absolute atomic E-state index is 0.174. The van der Waals surface area contributed by atoms with Crippen LogP contribution in [0.5, 0.6) is 0 Å². The molecular weight excluding hydrogens is 276 g/mol. The first kappa shape index (κ1) is 16.3. The number of allylic oxidation sites excluding steroid dienone is 2. The highest BCUT2D eigenvalue weighted by Gasteiger charge is 2.15. The van der Waals surface area contributed by atoms with Crippen LogP contribution in [0.15, 0.2) is 21.8 Å². The topological polar surface area (TPSA) is 54.5 Å². The first-order valence-electron chi connectivity index (χ1n) is 7.68. The minimum Gasteiger partial charge on any atom is -0.469 e. The number of esters is 1. The highest BCUT2D eigenvalue weighted by molar-refractivity contribution is 5.87. The Morgan fingerprint density at radius 2 is 2.09 bits per heavy atom. The van der Waals surface area contributed by atoms with Gasteiger partial charge in [0.05, 0.1) is 12.8 Å². The lowest BCUT2D eigenvalue weighted by Crippen LogP contribution is -2.02. The van der Waals surface area contributed by atoms with Gasteiger partial charge in [-0.2, -0.15) is 0 Å². The molecule has 4 nitrogen and oxygen atoms in total. The Morgan fingerprint density at radius 1 is 1.36 bits per heavy atom. The molecule has 1 aliphatic heterocycles. The third-order valence-corrected chi connectivity index (χ3v) is 4.26. The van der Waals surface area contributed by atoms with Gasteiger partial charge < -0.3 is 9.72 Å². The van der Waals surface area contributed by atoms with Gasteiger partial charge in [0.15, 0.2) is 0 Å². The lowest BCUT2D eigenvalue weighted by molar-refractivity contribution is -0.140. The van der Waals surface area contributed by atoms with Crippen LogP contribution in [0.3, 0.4) is 0 Å². The van der Waals surface area contributed by atoms with E-state index in [2.05, 4.69) is 36.8 Å². The Kier molecular flexibility index (Phi) is 5.01. The molecule has 118 valence electrons. The fourth-order valence-electron chi connectivity index (χ4n) is 2.91. The molecule has 0 unspecified atom stereocenters. The van der Waals surface area contributed by atoms with Crippen molar-refractivity contribution in [3.63, 3.8) is 0 Å². The molecule has 0 radical (unpaired) electrons. The first-order valence-corrected chi connectivity index (χ1v) is 7.68. The number of aryl methyl sites for hydroxylation is 1. The first-order chi connectivity index (χ1) is 10.5. The second kappa shape index (κ2) is 6.77. The van der Waals surface area contributed by atoms with E-state index in [9.17, 15) is 4.79 Å². The summed E-state index contributed by atoms with van der Waals surface area (Å²) in [5, 5.41) is 0. The Balaban J connectivity index is 2.27. The molecule has 4 heteroatoms. The molecule has 1 aromatic heterocycles. The molecule has 0 amide bonds. The number of ether oxygens (including phenoxy) is 1. The van der Waals surface area contributed by atoms with E-state index in [1.807, 2.05) is 13.1 Å². The van der Waals surface area contributed by atoms with E-state index in [1.54, 1.807) is 0 Å². The van der Waals surface area contributed by atoms with Crippen molar-refractivity contribution in [3.8, 4) is 0 Å². The van der Waals surface area contributed by atoms with Crippen molar-refractivity contribution >= 4 is 18.3 Å². The van der Waals surface area contributed by atoms with Gasteiger partial charge in [0.2, 0.25) is 0 Å². The predicted molar refractivity (Wildman–Crippen MR) is 90.1 cm³/mol. The number of methoxy groups -OCH3 is 1. The van der Waals surface area contributed by atoms with Crippen LogP contribution in [0.1, 0.15) is 49.2 Å². The fraction of sp³-hybridized carbons (Fsp3) is 0.444. The maximum atomic E-state index is 11.3. The van der Waals surface area contributed by atoms with Gasteiger partial charge >= 0.3 is 5.97 Å². The Hall–Kier alpha value is -2.10. The molecule has 2 rings (SSSR count). The van der Waals surface area contributed by atoms with Gasteiger partial charge in [-0.3, -0.25) is 9.79 Å². The average Bonchev–Trinajstić information content (AvgIpc) is 2.98. The number of aromatic amines is 1. The molecule has 22 heavy (non-hydrogen) atoms. The number of H-pyrrole nitrogens is 1. The number of nitrogens with one attached hydrogen (secondary N) is 1. The number of hydrogen-bond donors (Lipinski definition) is 1. The van der Waals surface area contributed by atoms with Crippen molar-refractivity contribution in [2.24, 2.45) is 4.99 Å². The van der Waals surface area contributed by atoms with Crippen molar-refractivity contribution < 1.29 is 9.53 Å². The molecular formula is C18H24N2O2. The van der Waals surface area contributed by atoms with Gasteiger partial charge in [-0.15, -0.1) is 0 Å². The van der Waals surface area contributed by atoms with E-state index >= 15 is 0 Å². The second-order valence-electron chi connectivity index (χ2n) is 5.65. The van der Waals surface area contributed by atoms with Crippen molar-refractivity contribution in [2.75, 3.05) is 7.11 Å². The summed E-state index contributed by atoms with van der Waals surface area (Å²) in [5.74, 6) is -0.174. The van der Waals surface area contributed by atoms with E-state index < -0.39 is 0 Å². The molecule has 0 aromatic carbocycles. The fourth-order valence-corrected chi connectivity index (χ4v) is 2.91. The molecule has 1 aliphatic rings. The molecule has 1 N–H and O–H groups in total. The smallest absolute Gasteiger partial charge is 0.305 e. The van der Waals surface area contributed by atoms with Crippen LogP contribution >= 0.6 is 0 Å². The summed E-state index contributed by atoms with van der Waals surface area (Å²) >= 11 is 0. The quantitative estimate of drug-likeness (QED) is 0.839. The van der Waals surface area contributed by atoms with Crippen molar-refractivity contribution in [3.05, 3.63) is 39.4 Å². The van der Waals surface area contributed by atoms with Crippen LogP contribution in [0, 0.1) is 13.8 Å². The third kappa shape index (κ3) is 3.21. The highest BCUT2D eigenvalue weighted by atomic mass is 16.5. The van der Waals surface area contributed by atoms with Crippen LogP contribution < -0.4 is 0 Å². The maximum Gasteiger partial charge on any atom is 0.305 e. The van der Waals surface area contributed by atoms with Gasteiger partial charge in [-0.05, 0) is 62.0 Å². The molecule has 0 aliphatic carbocycles. The zero-order valence-electron chi connectivity index (χ0n) is 14.0.